The van der Waals surface area contributed by atoms with E-state index in [1.54, 1.807) is 30.3 Å². The predicted molar refractivity (Wildman–Crippen MR) is 78.4 cm³/mol. The Balaban J connectivity index is 2.30. The smallest absolute Gasteiger partial charge is 0.335 e. The topological polar surface area (TPSA) is 40.6 Å². The number of benzene rings is 1. The maximum Gasteiger partial charge on any atom is 0.406 e. The van der Waals surface area contributed by atoms with Crippen LogP contribution in [0.25, 0.3) is 0 Å². The second-order valence-electron chi connectivity index (χ2n) is 5.67. The van der Waals surface area contributed by atoms with Crippen molar-refractivity contribution in [2.24, 2.45) is 0 Å². The maximum atomic E-state index is 12.6. The predicted octanol–water partition coefficient (Wildman–Crippen LogP) is 2.76. The average molecular weight is 328 g/mol. The van der Waals surface area contributed by atoms with Gasteiger partial charge in [-0.15, -0.1) is 0 Å². The Morgan fingerprint density at radius 2 is 1.91 bits per heavy atom. The number of amides is 2. The quantitative estimate of drug-likeness (QED) is 0.853. The first kappa shape index (κ1) is 17.3. The molecule has 1 heterocycles. The van der Waals surface area contributed by atoms with E-state index in [4.69, 9.17) is 0 Å². The van der Waals surface area contributed by atoms with Crippen molar-refractivity contribution in [2.45, 2.75) is 31.5 Å². The van der Waals surface area contributed by atoms with Gasteiger partial charge >= 0.3 is 6.18 Å². The lowest BCUT2D eigenvalue weighted by molar-refractivity contribution is -0.164. The highest BCUT2D eigenvalue weighted by Crippen LogP contribution is 2.28. The molecule has 2 amide bonds. The molecule has 7 heteroatoms. The molecule has 0 N–H and O–H groups in total. The summed E-state index contributed by atoms with van der Waals surface area (Å²) in [7, 11) is 1.11. The van der Waals surface area contributed by atoms with Gasteiger partial charge in [0.15, 0.2) is 0 Å². The molecule has 0 aliphatic carbocycles. The number of rotatable bonds is 4. The van der Waals surface area contributed by atoms with Gasteiger partial charge in [0.2, 0.25) is 11.8 Å². The summed E-state index contributed by atoms with van der Waals surface area (Å²) in [6, 6.07) is 7.47. The zero-order valence-corrected chi connectivity index (χ0v) is 12.8. The number of alkyl halides is 3. The molecule has 1 aliphatic rings. The molecule has 1 aromatic carbocycles. The van der Waals surface area contributed by atoms with Crippen molar-refractivity contribution in [1.29, 1.82) is 0 Å². The van der Waals surface area contributed by atoms with Crippen LogP contribution in [-0.2, 0) is 9.59 Å². The van der Waals surface area contributed by atoms with E-state index in [1.807, 2.05) is 0 Å². The molecular weight excluding hydrogens is 309 g/mol. The summed E-state index contributed by atoms with van der Waals surface area (Å²) in [5, 5.41) is 0. The van der Waals surface area contributed by atoms with Crippen LogP contribution in [0, 0.1) is 0 Å². The minimum Gasteiger partial charge on any atom is -0.335 e. The molecular formula is C16H19F3N2O2. The minimum absolute atomic E-state index is 0.195. The summed E-state index contributed by atoms with van der Waals surface area (Å²) in [5.74, 6) is -0.914. The molecule has 1 saturated heterocycles. The number of hydrogen-bond donors (Lipinski definition) is 0. The number of hydrogen-bond acceptors (Lipinski definition) is 2. The fourth-order valence-electron chi connectivity index (χ4n) is 2.75. The van der Waals surface area contributed by atoms with Crippen LogP contribution in [0.3, 0.4) is 0 Å². The lowest BCUT2D eigenvalue weighted by Crippen LogP contribution is -2.48. The summed E-state index contributed by atoms with van der Waals surface area (Å²) in [5.41, 5.74) is 0.529. The Bertz CT molecular complexity index is 560. The Kier molecular flexibility index (Phi) is 5.28. The number of halogens is 3. The van der Waals surface area contributed by atoms with Gasteiger partial charge in [-0.25, -0.2) is 0 Å². The molecule has 0 bridgehead atoms. The summed E-state index contributed by atoms with van der Waals surface area (Å²) in [6.07, 6.45) is -2.67. The summed E-state index contributed by atoms with van der Waals surface area (Å²) in [6.45, 7) is -0.957. The van der Waals surface area contributed by atoms with E-state index in [-0.39, 0.29) is 5.91 Å². The van der Waals surface area contributed by atoms with Crippen LogP contribution < -0.4 is 0 Å². The van der Waals surface area contributed by atoms with Crippen LogP contribution in [0.4, 0.5) is 13.2 Å². The van der Waals surface area contributed by atoms with E-state index in [0.29, 0.717) is 23.4 Å². The van der Waals surface area contributed by atoms with Gasteiger partial charge in [0.1, 0.15) is 12.6 Å². The highest BCUT2D eigenvalue weighted by atomic mass is 19.4. The van der Waals surface area contributed by atoms with Crippen molar-refractivity contribution in [2.75, 3.05) is 20.1 Å². The van der Waals surface area contributed by atoms with Gasteiger partial charge in [-0.2, -0.15) is 13.2 Å². The van der Waals surface area contributed by atoms with Crippen molar-refractivity contribution in [3.05, 3.63) is 35.9 Å². The minimum atomic E-state index is -4.47. The van der Waals surface area contributed by atoms with Gasteiger partial charge in [-0.1, -0.05) is 30.3 Å². The van der Waals surface area contributed by atoms with Crippen molar-refractivity contribution < 1.29 is 22.8 Å². The van der Waals surface area contributed by atoms with Gasteiger partial charge in [-0.3, -0.25) is 9.59 Å². The van der Waals surface area contributed by atoms with Crippen LogP contribution in [0.2, 0.25) is 0 Å². The molecule has 0 radical (unpaired) electrons. The van der Waals surface area contributed by atoms with Crippen molar-refractivity contribution in [1.82, 2.24) is 9.80 Å². The normalized spacial score (nSPS) is 17.0. The van der Waals surface area contributed by atoms with Crippen LogP contribution >= 0.6 is 0 Å². The second kappa shape index (κ2) is 7.02. The van der Waals surface area contributed by atoms with E-state index in [2.05, 4.69) is 0 Å². The molecule has 0 unspecified atom stereocenters. The van der Waals surface area contributed by atoms with Crippen LogP contribution in [-0.4, -0.2) is 47.9 Å². The maximum absolute atomic E-state index is 12.6. The molecule has 1 aromatic rings. The molecule has 23 heavy (non-hydrogen) atoms. The number of carbonyl (C=O) groups excluding carboxylic acids is 2. The third-order valence-electron chi connectivity index (χ3n) is 3.81. The van der Waals surface area contributed by atoms with Gasteiger partial charge in [0, 0.05) is 20.0 Å². The number of piperidine rings is 1. The van der Waals surface area contributed by atoms with E-state index in [1.165, 1.54) is 4.90 Å². The van der Waals surface area contributed by atoms with Gasteiger partial charge in [0.25, 0.3) is 0 Å². The van der Waals surface area contributed by atoms with Gasteiger partial charge in [-0.05, 0) is 18.4 Å². The lowest BCUT2D eigenvalue weighted by Gasteiger charge is -2.36. The highest BCUT2D eigenvalue weighted by molar-refractivity contribution is 5.89. The van der Waals surface area contributed by atoms with Gasteiger partial charge in [0.05, 0.1) is 0 Å². The molecule has 126 valence electrons. The zero-order valence-electron chi connectivity index (χ0n) is 12.8. The third kappa shape index (κ3) is 4.46. The fraction of sp³-hybridized carbons (Fsp3) is 0.500. The van der Waals surface area contributed by atoms with Crippen molar-refractivity contribution in [3.8, 4) is 0 Å². The fourth-order valence-corrected chi connectivity index (χ4v) is 2.75. The molecule has 0 aromatic heterocycles. The van der Waals surface area contributed by atoms with E-state index >= 15 is 0 Å². The van der Waals surface area contributed by atoms with Gasteiger partial charge < -0.3 is 9.80 Å². The second-order valence-corrected chi connectivity index (χ2v) is 5.67. The number of nitrogens with zero attached hydrogens (tertiary/aromatic N) is 2. The van der Waals surface area contributed by atoms with Crippen LogP contribution in [0.15, 0.2) is 30.3 Å². The molecule has 0 spiro atoms. The SMILES string of the molecule is CN(CC(F)(F)F)C(=O)[C@H](c1ccccc1)N1CCCCC1=O. The van der Waals surface area contributed by atoms with Crippen molar-refractivity contribution >= 4 is 11.8 Å². The largest absolute Gasteiger partial charge is 0.406 e. The summed E-state index contributed by atoms with van der Waals surface area (Å²) >= 11 is 0. The molecule has 4 nitrogen and oxygen atoms in total. The lowest BCUT2D eigenvalue weighted by atomic mass is 10.00. The number of carbonyl (C=O) groups is 2. The monoisotopic (exact) mass is 328 g/mol. The summed E-state index contributed by atoms with van der Waals surface area (Å²) in [4.78, 5) is 26.8. The zero-order chi connectivity index (χ0) is 17.0. The first-order valence-corrected chi connectivity index (χ1v) is 7.46. The summed E-state index contributed by atoms with van der Waals surface area (Å²) < 4.78 is 37.7. The highest BCUT2D eigenvalue weighted by Gasteiger charge is 2.38. The first-order chi connectivity index (χ1) is 10.8. The number of likely N-dealkylation sites (tertiary alicyclic amines) is 1. The Morgan fingerprint density at radius 1 is 1.26 bits per heavy atom. The van der Waals surface area contributed by atoms with Crippen LogP contribution in [0.1, 0.15) is 30.9 Å². The van der Waals surface area contributed by atoms with E-state index in [9.17, 15) is 22.8 Å². The molecule has 1 atom stereocenters. The Morgan fingerprint density at radius 3 is 2.48 bits per heavy atom. The van der Waals surface area contributed by atoms with E-state index in [0.717, 1.165) is 19.9 Å². The van der Waals surface area contributed by atoms with Crippen LogP contribution in [0.5, 0.6) is 0 Å². The third-order valence-corrected chi connectivity index (χ3v) is 3.81. The van der Waals surface area contributed by atoms with Crippen molar-refractivity contribution in [3.63, 3.8) is 0 Å². The first-order valence-electron chi connectivity index (χ1n) is 7.46. The molecule has 1 aliphatic heterocycles. The average Bonchev–Trinajstić information content (AvgIpc) is 2.49. The Hall–Kier alpha value is -2.05. The number of likely N-dealkylation sites (N-methyl/N-ethyl adjacent to an activating group) is 1. The standard InChI is InChI=1S/C16H19F3N2O2/c1-20(11-16(17,18)19)15(23)14(12-7-3-2-4-8-12)21-10-6-5-9-13(21)22/h2-4,7-8,14H,5-6,9-11H2,1H3/t14-/m0/s1. The molecule has 2 rings (SSSR count). The van der Waals surface area contributed by atoms with E-state index < -0.39 is 24.7 Å². The molecule has 1 fully saturated rings. The Labute approximate surface area is 132 Å². The molecule has 0 saturated carbocycles.